The maximum absolute atomic E-state index is 11.3. The van der Waals surface area contributed by atoms with Crippen LogP contribution in [0.15, 0.2) is 30.3 Å². The lowest BCUT2D eigenvalue weighted by atomic mass is 10.1. The van der Waals surface area contributed by atoms with Crippen LogP contribution in [0.3, 0.4) is 0 Å². The molecule has 0 radical (unpaired) electrons. The molecule has 0 saturated heterocycles. The van der Waals surface area contributed by atoms with Crippen molar-refractivity contribution in [2.45, 2.75) is 19.4 Å². The Labute approximate surface area is 113 Å². The van der Waals surface area contributed by atoms with Crippen LogP contribution in [0.5, 0.6) is 0 Å². The first-order chi connectivity index (χ1) is 8.96. The van der Waals surface area contributed by atoms with Crippen LogP contribution in [0.2, 0.25) is 0 Å². The Morgan fingerprint density at radius 3 is 2.47 bits per heavy atom. The minimum absolute atomic E-state index is 0.0810. The zero-order valence-electron chi connectivity index (χ0n) is 10.9. The van der Waals surface area contributed by atoms with Gasteiger partial charge in [-0.2, -0.15) is 0 Å². The zero-order valence-corrected chi connectivity index (χ0v) is 11.7. The highest BCUT2D eigenvalue weighted by molar-refractivity contribution is 7.91. The molecule has 0 aliphatic rings. The van der Waals surface area contributed by atoms with Crippen LogP contribution in [-0.2, 0) is 14.6 Å². The molecule has 0 heterocycles. The van der Waals surface area contributed by atoms with Crippen LogP contribution < -0.4 is 5.32 Å². The van der Waals surface area contributed by atoms with E-state index in [4.69, 9.17) is 5.11 Å². The van der Waals surface area contributed by atoms with Crippen molar-refractivity contribution in [3.63, 3.8) is 0 Å². The summed E-state index contributed by atoms with van der Waals surface area (Å²) in [5.41, 5.74) is 0.661. The number of rotatable bonds is 8. The Hall–Kier alpha value is -1.40. The third-order valence-corrected chi connectivity index (χ3v) is 4.59. The van der Waals surface area contributed by atoms with Gasteiger partial charge in [0.1, 0.15) is 15.9 Å². The first kappa shape index (κ1) is 15.7. The quantitative estimate of drug-likeness (QED) is 0.702. The summed E-state index contributed by atoms with van der Waals surface area (Å²) in [6.07, 6.45) is 0.410. The molecule has 0 bridgehead atoms. The molecule has 6 heteroatoms. The number of benzene rings is 1. The fourth-order valence-electron chi connectivity index (χ4n) is 1.68. The van der Waals surface area contributed by atoms with E-state index in [-0.39, 0.29) is 11.5 Å². The Kier molecular flexibility index (Phi) is 5.98. The highest BCUT2D eigenvalue weighted by atomic mass is 32.2. The van der Waals surface area contributed by atoms with Gasteiger partial charge in [-0.3, -0.25) is 4.79 Å². The average molecular weight is 285 g/mol. The summed E-state index contributed by atoms with van der Waals surface area (Å²) in [6.45, 7) is 1.96. The van der Waals surface area contributed by atoms with Crippen LogP contribution in [0, 0.1) is 0 Å². The summed E-state index contributed by atoms with van der Waals surface area (Å²) in [6, 6.07) is 8.02. The molecule has 0 aliphatic heterocycles. The molecule has 0 saturated carbocycles. The maximum atomic E-state index is 11.3. The standard InChI is InChI=1S/C13H19NO4S/c1-2-19(17,18)10-6-9-14-12(13(15)16)11-7-4-3-5-8-11/h3-5,7-8,12,14H,2,6,9-10H2,1H3,(H,15,16). The van der Waals surface area contributed by atoms with E-state index in [2.05, 4.69) is 5.32 Å². The fourth-order valence-corrected chi connectivity index (χ4v) is 2.55. The van der Waals surface area contributed by atoms with Crippen LogP contribution in [0.1, 0.15) is 24.9 Å². The number of hydrogen-bond acceptors (Lipinski definition) is 4. The average Bonchev–Trinajstić information content (AvgIpc) is 2.39. The summed E-state index contributed by atoms with van der Waals surface area (Å²) >= 11 is 0. The molecular formula is C13H19NO4S. The number of aliphatic carboxylic acids is 1. The van der Waals surface area contributed by atoms with E-state index in [9.17, 15) is 13.2 Å². The minimum atomic E-state index is -2.99. The van der Waals surface area contributed by atoms with E-state index in [1.165, 1.54) is 0 Å². The van der Waals surface area contributed by atoms with Crippen molar-refractivity contribution in [2.75, 3.05) is 18.1 Å². The molecule has 1 unspecified atom stereocenters. The Morgan fingerprint density at radius 2 is 1.95 bits per heavy atom. The van der Waals surface area contributed by atoms with Gasteiger partial charge in [0, 0.05) is 5.75 Å². The third-order valence-electron chi connectivity index (χ3n) is 2.80. The van der Waals surface area contributed by atoms with Gasteiger partial charge in [-0.15, -0.1) is 0 Å². The number of nitrogens with one attached hydrogen (secondary N) is 1. The topological polar surface area (TPSA) is 83.5 Å². The molecule has 1 rings (SSSR count). The molecule has 5 nitrogen and oxygen atoms in total. The minimum Gasteiger partial charge on any atom is -0.480 e. The Bertz CT molecular complexity index is 499. The maximum Gasteiger partial charge on any atom is 0.325 e. The fraction of sp³-hybridized carbons (Fsp3) is 0.462. The predicted octanol–water partition coefficient (Wildman–Crippen LogP) is 1.23. The van der Waals surface area contributed by atoms with Crippen molar-refractivity contribution < 1.29 is 18.3 Å². The molecule has 106 valence electrons. The molecule has 0 aromatic heterocycles. The van der Waals surface area contributed by atoms with Crippen LogP contribution in [-0.4, -0.2) is 37.5 Å². The van der Waals surface area contributed by atoms with Gasteiger partial charge < -0.3 is 10.4 Å². The monoisotopic (exact) mass is 285 g/mol. The number of sulfone groups is 1. The SMILES string of the molecule is CCS(=O)(=O)CCCNC(C(=O)O)c1ccccc1. The van der Waals surface area contributed by atoms with Crippen molar-refractivity contribution in [1.29, 1.82) is 0 Å². The smallest absolute Gasteiger partial charge is 0.325 e. The number of carboxylic acids is 1. The third kappa shape index (κ3) is 5.40. The molecule has 1 aromatic carbocycles. The van der Waals surface area contributed by atoms with Crippen LogP contribution >= 0.6 is 0 Å². The van der Waals surface area contributed by atoms with Gasteiger partial charge in [-0.1, -0.05) is 37.3 Å². The second-order valence-corrected chi connectivity index (χ2v) is 6.70. The van der Waals surface area contributed by atoms with Gasteiger partial charge >= 0.3 is 5.97 Å². The van der Waals surface area contributed by atoms with Crippen molar-refractivity contribution in [3.8, 4) is 0 Å². The molecule has 1 aromatic rings. The number of carbonyl (C=O) groups is 1. The van der Waals surface area contributed by atoms with E-state index < -0.39 is 21.8 Å². The van der Waals surface area contributed by atoms with Crippen LogP contribution in [0.25, 0.3) is 0 Å². The molecule has 0 fully saturated rings. The van der Waals surface area contributed by atoms with Crippen LogP contribution in [0.4, 0.5) is 0 Å². The second-order valence-electron chi connectivity index (χ2n) is 4.23. The second kappa shape index (κ2) is 7.25. The van der Waals surface area contributed by atoms with Gasteiger partial charge in [0.05, 0.1) is 5.75 Å². The Balaban J connectivity index is 2.51. The van der Waals surface area contributed by atoms with Crippen molar-refractivity contribution in [3.05, 3.63) is 35.9 Å². The molecule has 0 amide bonds. The predicted molar refractivity (Wildman–Crippen MR) is 73.8 cm³/mol. The highest BCUT2D eigenvalue weighted by Crippen LogP contribution is 2.12. The van der Waals surface area contributed by atoms with Crippen molar-refractivity contribution in [1.82, 2.24) is 5.32 Å². The Morgan fingerprint density at radius 1 is 1.32 bits per heavy atom. The molecule has 0 aliphatic carbocycles. The molecule has 1 atom stereocenters. The first-order valence-corrected chi connectivity index (χ1v) is 8.00. The summed E-state index contributed by atoms with van der Waals surface area (Å²) in [5.74, 6) is -0.768. The lowest BCUT2D eigenvalue weighted by molar-refractivity contribution is -0.139. The number of carboxylic acid groups (broad SMARTS) is 1. The van der Waals surface area contributed by atoms with Gasteiger partial charge in [0.2, 0.25) is 0 Å². The van der Waals surface area contributed by atoms with E-state index in [1.807, 2.05) is 6.07 Å². The van der Waals surface area contributed by atoms with Crippen molar-refractivity contribution in [2.24, 2.45) is 0 Å². The van der Waals surface area contributed by atoms with E-state index in [1.54, 1.807) is 31.2 Å². The largest absolute Gasteiger partial charge is 0.480 e. The van der Waals surface area contributed by atoms with Gasteiger partial charge in [0.25, 0.3) is 0 Å². The summed E-state index contributed by atoms with van der Waals surface area (Å²) in [5, 5.41) is 12.0. The summed E-state index contributed by atoms with van der Waals surface area (Å²) in [4.78, 5) is 11.2. The van der Waals surface area contributed by atoms with E-state index >= 15 is 0 Å². The first-order valence-electron chi connectivity index (χ1n) is 6.18. The van der Waals surface area contributed by atoms with Gasteiger partial charge in [-0.05, 0) is 18.5 Å². The molecule has 0 spiro atoms. The normalized spacial score (nSPS) is 13.1. The highest BCUT2D eigenvalue weighted by Gasteiger charge is 2.18. The molecule has 19 heavy (non-hydrogen) atoms. The van der Waals surface area contributed by atoms with Gasteiger partial charge in [0.15, 0.2) is 0 Å². The summed E-state index contributed by atoms with van der Waals surface area (Å²) < 4.78 is 22.6. The summed E-state index contributed by atoms with van der Waals surface area (Å²) in [7, 11) is -2.99. The van der Waals surface area contributed by atoms with E-state index in [0.29, 0.717) is 18.5 Å². The molecule has 2 N–H and O–H groups in total. The molecular weight excluding hydrogens is 266 g/mol. The lowest BCUT2D eigenvalue weighted by Crippen LogP contribution is -2.30. The van der Waals surface area contributed by atoms with E-state index in [0.717, 1.165) is 0 Å². The van der Waals surface area contributed by atoms with Gasteiger partial charge in [-0.25, -0.2) is 8.42 Å². The lowest BCUT2D eigenvalue weighted by Gasteiger charge is -2.14. The van der Waals surface area contributed by atoms with Crippen molar-refractivity contribution >= 4 is 15.8 Å². The zero-order chi connectivity index (χ0) is 14.3. The number of hydrogen-bond donors (Lipinski definition) is 2.